The minimum Gasteiger partial charge on any atom is -0.494 e. The van der Waals surface area contributed by atoms with E-state index in [9.17, 15) is 0 Å². The highest BCUT2D eigenvalue weighted by atomic mass is 16.5. The first-order chi connectivity index (χ1) is 13.7. The summed E-state index contributed by atoms with van der Waals surface area (Å²) >= 11 is 0. The van der Waals surface area contributed by atoms with Crippen LogP contribution >= 0.6 is 0 Å². The molecule has 0 saturated carbocycles. The Balaban J connectivity index is 1.66. The van der Waals surface area contributed by atoms with Gasteiger partial charge in [0, 0.05) is 45.5 Å². The second kappa shape index (κ2) is 9.59. The zero-order valence-corrected chi connectivity index (χ0v) is 17.1. The van der Waals surface area contributed by atoms with Crippen LogP contribution in [0.25, 0.3) is 0 Å². The van der Waals surface area contributed by atoms with Crippen molar-refractivity contribution in [3.8, 4) is 5.75 Å². The molecule has 2 aromatic rings. The molecule has 0 bridgehead atoms. The quantitative estimate of drug-likeness (QED) is 0.565. The number of benzene rings is 1. The molecule has 7 heteroatoms. The van der Waals surface area contributed by atoms with Crippen molar-refractivity contribution in [2.75, 3.05) is 33.4 Å². The fourth-order valence-corrected chi connectivity index (χ4v) is 3.62. The molecule has 2 N–H and O–H groups in total. The summed E-state index contributed by atoms with van der Waals surface area (Å²) in [7, 11) is 3.74. The fraction of sp³-hybridized carbons (Fsp3) is 0.524. The Morgan fingerprint density at radius 3 is 2.57 bits per heavy atom. The Kier molecular flexibility index (Phi) is 6.92. The summed E-state index contributed by atoms with van der Waals surface area (Å²) in [4.78, 5) is 4.38. The molecule has 7 nitrogen and oxygen atoms in total. The average molecular weight is 386 g/mol. The lowest BCUT2D eigenvalue weighted by Crippen LogP contribution is -2.48. The first kappa shape index (κ1) is 20.2. The van der Waals surface area contributed by atoms with E-state index in [0.717, 1.165) is 50.0 Å². The van der Waals surface area contributed by atoms with E-state index in [1.54, 1.807) is 13.2 Å². The lowest BCUT2D eigenvalue weighted by Gasteiger charge is -2.38. The molecule has 0 spiro atoms. The first-order valence-electron chi connectivity index (χ1n) is 9.89. The van der Waals surface area contributed by atoms with Gasteiger partial charge in [-0.2, -0.15) is 5.10 Å². The number of aromatic nitrogens is 2. The van der Waals surface area contributed by atoms with Crippen LogP contribution < -0.4 is 15.4 Å². The summed E-state index contributed by atoms with van der Waals surface area (Å²) in [6.45, 7) is 5.71. The average Bonchev–Trinajstić information content (AvgIpc) is 3.14. The van der Waals surface area contributed by atoms with Crippen LogP contribution in [-0.4, -0.2) is 49.2 Å². The molecule has 0 amide bonds. The van der Waals surface area contributed by atoms with E-state index in [2.05, 4.69) is 45.0 Å². The van der Waals surface area contributed by atoms with Crippen LogP contribution in [0.4, 0.5) is 0 Å². The van der Waals surface area contributed by atoms with Gasteiger partial charge in [0.25, 0.3) is 0 Å². The van der Waals surface area contributed by atoms with Gasteiger partial charge in [0.15, 0.2) is 5.96 Å². The number of nitrogens with zero attached hydrogens (tertiary/aromatic N) is 3. The van der Waals surface area contributed by atoms with Gasteiger partial charge in [0.2, 0.25) is 0 Å². The van der Waals surface area contributed by atoms with Crippen LogP contribution in [0.5, 0.6) is 5.75 Å². The lowest BCUT2D eigenvalue weighted by atomic mass is 9.74. The number of rotatable bonds is 7. The molecule has 152 valence electrons. The predicted octanol–water partition coefficient (Wildman–Crippen LogP) is 2.23. The van der Waals surface area contributed by atoms with Gasteiger partial charge in [-0.1, -0.05) is 12.1 Å². The fourth-order valence-electron chi connectivity index (χ4n) is 3.62. The maximum absolute atomic E-state index is 5.64. The van der Waals surface area contributed by atoms with E-state index in [1.807, 2.05) is 24.7 Å². The highest BCUT2D eigenvalue weighted by molar-refractivity contribution is 5.79. The van der Waals surface area contributed by atoms with E-state index < -0.39 is 0 Å². The smallest absolute Gasteiger partial charge is 0.191 e. The zero-order valence-electron chi connectivity index (χ0n) is 17.1. The third kappa shape index (κ3) is 4.84. The molecule has 1 aromatic heterocycles. The Bertz CT molecular complexity index is 763. The predicted molar refractivity (Wildman–Crippen MR) is 111 cm³/mol. The van der Waals surface area contributed by atoms with Gasteiger partial charge < -0.3 is 20.1 Å². The molecular weight excluding hydrogens is 354 g/mol. The number of guanidine groups is 1. The van der Waals surface area contributed by atoms with Crippen LogP contribution in [0.2, 0.25) is 0 Å². The largest absolute Gasteiger partial charge is 0.494 e. The maximum Gasteiger partial charge on any atom is 0.191 e. The van der Waals surface area contributed by atoms with Crippen molar-refractivity contribution in [2.24, 2.45) is 12.0 Å². The van der Waals surface area contributed by atoms with E-state index in [-0.39, 0.29) is 5.41 Å². The highest BCUT2D eigenvalue weighted by Gasteiger charge is 2.34. The normalized spacial score (nSPS) is 16.6. The number of nitrogens with one attached hydrogen (secondary N) is 2. The van der Waals surface area contributed by atoms with Crippen molar-refractivity contribution in [3.63, 3.8) is 0 Å². The molecule has 3 rings (SSSR count). The molecule has 1 aliphatic rings. The van der Waals surface area contributed by atoms with Crippen molar-refractivity contribution in [2.45, 2.75) is 31.7 Å². The van der Waals surface area contributed by atoms with Gasteiger partial charge in [-0.25, -0.2) is 0 Å². The molecule has 1 aliphatic heterocycles. The summed E-state index contributed by atoms with van der Waals surface area (Å²) in [6.07, 6.45) is 3.76. The third-order valence-electron chi connectivity index (χ3n) is 5.40. The standard InChI is InChI=1S/C21H31N5O2/c1-4-28-19-7-5-17(6-8-19)21(10-13-27-14-11-21)16-24-20(22-2)23-15-18-9-12-25-26(18)3/h5-9,12H,4,10-11,13-16H2,1-3H3,(H2,22,23,24). The van der Waals surface area contributed by atoms with Crippen LogP contribution in [0, 0.1) is 0 Å². The minimum absolute atomic E-state index is 0.0210. The zero-order chi connectivity index (χ0) is 19.8. The van der Waals surface area contributed by atoms with Crippen molar-refractivity contribution in [1.82, 2.24) is 20.4 Å². The Hall–Kier alpha value is -2.54. The molecular formula is C21H31N5O2. The number of hydrogen-bond donors (Lipinski definition) is 2. The summed E-state index contributed by atoms with van der Waals surface area (Å²) in [5.74, 6) is 1.70. The lowest BCUT2D eigenvalue weighted by molar-refractivity contribution is 0.0513. The third-order valence-corrected chi connectivity index (χ3v) is 5.40. The van der Waals surface area contributed by atoms with Crippen molar-refractivity contribution < 1.29 is 9.47 Å². The Morgan fingerprint density at radius 2 is 1.96 bits per heavy atom. The minimum atomic E-state index is 0.0210. The van der Waals surface area contributed by atoms with Crippen molar-refractivity contribution in [3.05, 3.63) is 47.8 Å². The maximum atomic E-state index is 5.64. The van der Waals surface area contributed by atoms with Gasteiger partial charge in [-0.3, -0.25) is 9.67 Å². The summed E-state index contributed by atoms with van der Waals surface area (Å²) in [6, 6.07) is 10.5. The molecule has 0 atom stereocenters. The van der Waals surface area contributed by atoms with E-state index in [1.165, 1.54) is 5.56 Å². The molecule has 1 fully saturated rings. The molecule has 0 aliphatic carbocycles. The second-order valence-electron chi connectivity index (χ2n) is 7.08. The summed E-state index contributed by atoms with van der Waals surface area (Å²) in [5.41, 5.74) is 2.44. The van der Waals surface area contributed by atoms with Gasteiger partial charge in [0.1, 0.15) is 5.75 Å². The van der Waals surface area contributed by atoms with Crippen LogP contribution in [0.3, 0.4) is 0 Å². The van der Waals surface area contributed by atoms with E-state index in [4.69, 9.17) is 9.47 Å². The van der Waals surface area contributed by atoms with Crippen molar-refractivity contribution in [1.29, 1.82) is 0 Å². The molecule has 0 unspecified atom stereocenters. The van der Waals surface area contributed by atoms with Gasteiger partial charge in [-0.15, -0.1) is 0 Å². The van der Waals surface area contributed by atoms with Crippen LogP contribution in [-0.2, 0) is 23.7 Å². The molecule has 1 saturated heterocycles. The van der Waals surface area contributed by atoms with Gasteiger partial charge >= 0.3 is 0 Å². The highest BCUT2D eigenvalue weighted by Crippen LogP contribution is 2.35. The van der Waals surface area contributed by atoms with Gasteiger partial charge in [0.05, 0.1) is 18.8 Å². The second-order valence-corrected chi connectivity index (χ2v) is 7.08. The van der Waals surface area contributed by atoms with Gasteiger partial charge in [-0.05, 0) is 43.5 Å². The summed E-state index contributed by atoms with van der Waals surface area (Å²) < 4.78 is 13.1. The molecule has 28 heavy (non-hydrogen) atoms. The number of aryl methyl sites for hydroxylation is 1. The number of hydrogen-bond acceptors (Lipinski definition) is 4. The molecule has 2 heterocycles. The Morgan fingerprint density at radius 1 is 1.21 bits per heavy atom. The van der Waals surface area contributed by atoms with E-state index >= 15 is 0 Å². The first-order valence-corrected chi connectivity index (χ1v) is 9.89. The number of aliphatic imine (C=N–C) groups is 1. The summed E-state index contributed by atoms with van der Waals surface area (Å²) in [5, 5.41) is 11.1. The molecule has 1 aromatic carbocycles. The number of ether oxygens (including phenoxy) is 2. The molecule has 0 radical (unpaired) electrons. The van der Waals surface area contributed by atoms with Crippen LogP contribution in [0.1, 0.15) is 31.0 Å². The van der Waals surface area contributed by atoms with Crippen molar-refractivity contribution >= 4 is 5.96 Å². The monoisotopic (exact) mass is 385 g/mol. The Labute approximate surface area is 167 Å². The van der Waals surface area contributed by atoms with Crippen LogP contribution in [0.15, 0.2) is 41.5 Å². The SMILES string of the molecule is CCOc1ccc(C2(CNC(=NC)NCc3ccnn3C)CCOCC2)cc1. The topological polar surface area (TPSA) is 72.7 Å². The van der Waals surface area contributed by atoms with E-state index in [0.29, 0.717) is 13.2 Å².